The Hall–Kier alpha value is -16.3. The second-order valence-electron chi connectivity index (χ2n) is 34.0. The second-order valence-corrected chi connectivity index (χ2v) is 41.1. The van der Waals surface area contributed by atoms with Gasteiger partial charge in [-0.3, -0.25) is 0 Å². The standard InChI is InChI=1S/C56H34N6O2.C37H23NSSe.C31H19NSe2/c1-5-14-36(15-6-1)51-57-52(37-16-7-2-8-17-37)60-55(59-51)40-26-24-35(25-27-40)47-33-42-28-30-46-45(49(42)63-47)31-29-43-34-48(64-50(43)46)41-22-13-23-44(32-41)56-61-53(38-18-9-3-10-19-38)58-54(62-56)39-20-11-4-12-21-39;1-3-7-25(8-4-1)33-21-30(22-34(38-33)26-9-5-2-6-10-26)24-11-13-27(14-12-24)35-23-29-16-18-32-31(36(29)39-35)17-15-28-19-20-40-37(28)32;1-3-7-20(8-4-1)27-17-24(18-28(32-27)21-9-5-2-6-10-21)29-19-23-12-14-25-26(31(23)34-29)13-11-22-15-16-33-30(22)25/h1-34H;1-23H;1-19H. The molecule has 0 unspecified atom stereocenters. The van der Waals surface area contributed by atoms with Gasteiger partial charge in [0.15, 0.2) is 34.9 Å². The van der Waals surface area contributed by atoms with Gasteiger partial charge in [-0.15, -0.1) is 0 Å². The van der Waals surface area contributed by atoms with Gasteiger partial charge in [0.1, 0.15) is 22.7 Å². The number of hydrogen-bond acceptors (Lipinski definition) is 11. The van der Waals surface area contributed by atoms with Crippen molar-refractivity contribution in [1.82, 2.24) is 39.9 Å². The molecule has 0 aliphatic rings. The molecule has 0 saturated heterocycles. The summed E-state index contributed by atoms with van der Waals surface area (Å²) < 4.78 is 20.7. The monoisotopic (exact) mass is 1980 g/mol. The fourth-order valence-corrected chi connectivity index (χ4v) is 25.9. The minimum Gasteiger partial charge on any atom is -0.455 e. The Morgan fingerprint density at radius 1 is 0.188 bits per heavy atom. The van der Waals surface area contributed by atoms with Crippen molar-refractivity contribution in [3.05, 3.63) is 459 Å². The quantitative estimate of drug-likeness (QED) is 0.0915. The Bertz CT molecular complexity index is 9010. The van der Waals surface area contributed by atoms with E-state index >= 15 is 0 Å². The van der Waals surface area contributed by atoms with E-state index in [2.05, 4.69) is 295 Å². The number of thiophene rings is 1. The molecule has 0 saturated carbocycles. The van der Waals surface area contributed by atoms with Crippen LogP contribution in [0.5, 0.6) is 0 Å². The summed E-state index contributed by atoms with van der Waals surface area (Å²) in [6, 6.07) is 157. The third kappa shape index (κ3) is 16.5. The summed E-state index contributed by atoms with van der Waals surface area (Å²) in [5.74, 6) is 5.17. The first-order valence-corrected chi connectivity index (χ1v) is 51.9. The summed E-state index contributed by atoms with van der Waals surface area (Å²) in [7, 11) is 0. The first kappa shape index (κ1) is 83.5. The van der Waals surface area contributed by atoms with Crippen molar-refractivity contribution in [1.29, 1.82) is 0 Å². The van der Waals surface area contributed by atoms with E-state index in [1.807, 2.05) is 175 Å². The summed E-state index contributed by atoms with van der Waals surface area (Å²) in [5, 5.41) is 15.1. The molecule has 10 heterocycles. The average molecular weight is 1980 g/mol. The van der Waals surface area contributed by atoms with E-state index in [1.165, 1.54) is 87.9 Å². The van der Waals surface area contributed by atoms with Gasteiger partial charge in [-0.2, -0.15) is 0 Å². The molecule has 0 spiro atoms. The Morgan fingerprint density at radius 3 is 0.964 bits per heavy atom. The molecule has 0 amide bonds. The number of furan rings is 2. The van der Waals surface area contributed by atoms with Gasteiger partial charge in [0.05, 0.1) is 11.4 Å². The molecule has 17 aromatic carbocycles. The van der Waals surface area contributed by atoms with Crippen molar-refractivity contribution in [3.8, 4) is 168 Å². The Morgan fingerprint density at radius 2 is 0.514 bits per heavy atom. The molecule has 10 nitrogen and oxygen atoms in total. The molecule has 0 N–H and O–H groups in total. The molecule has 0 fully saturated rings. The van der Waals surface area contributed by atoms with Gasteiger partial charge < -0.3 is 8.83 Å². The zero-order chi connectivity index (χ0) is 91.4. The van der Waals surface area contributed by atoms with E-state index < -0.39 is 0 Å². The Balaban J connectivity index is 0.000000117. The van der Waals surface area contributed by atoms with E-state index in [9.17, 15) is 0 Å². The second kappa shape index (κ2) is 36.5. The minimum absolute atomic E-state index is 0.255. The van der Waals surface area contributed by atoms with Crippen LogP contribution in [0.15, 0.2) is 468 Å². The molecule has 0 radical (unpaired) electrons. The molecule has 10 aromatic heterocycles. The SMILES string of the molecule is c1ccc(-c2cc(-c3cc4ccc5c(ccc6cc[se]c65)c4[se]3)cc(-c3ccccc3)n2)cc1.c1ccc(-c2cc(-c3ccc(-c4cc5ccc6c(ccc7cc[se]c76)c5s4)cc3)cc(-c3ccccc3)n2)cc1.c1ccc(-c2nc(-c3ccccc3)nc(-c3ccc(-c4cc5ccc6c(ccc7cc(-c8cccc(-c9nc(-c%10ccccc%10)nc(-c%10ccccc%10)n9)c8)oc76)c5o4)cc3)n2)cc1. The molecular weight excluding hydrogens is 1900 g/mol. The van der Waals surface area contributed by atoms with Crippen LogP contribution < -0.4 is 0 Å². The van der Waals surface area contributed by atoms with Crippen LogP contribution in [-0.4, -0.2) is 83.4 Å². The summed E-state index contributed by atoms with van der Waals surface area (Å²) in [6.07, 6.45) is 0. The predicted octanol–water partition coefficient (Wildman–Crippen LogP) is 32.0. The van der Waals surface area contributed by atoms with Crippen molar-refractivity contribution >= 4 is 148 Å². The fourth-order valence-electron chi connectivity index (χ4n) is 18.3. The zero-order valence-corrected chi connectivity index (χ0v) is 79.9. The number of aromatic nitrogens is 8. The van der Waals surface area contributed by atoms with Crippen molar-refractivity contribution in [3.63, 3.8) is 0 Å². The average Bonchev–Trinajstić information content (AvgIpc) is 1.57. The predicted molar refractivity (Wildman–Crippen MR) is 574 cm³/mol. The number of pyridine rings is 2. The number of hydrogen-bond donors (Lipinski definition) is 0. The summed E-state index contributed by atoms with van der Waals surface area (Å²) >= 11 is 3.04. The van der Waals surface area contributed by atoms with E-state index in [-0.39, 0.29) is 14.5 Å². The van der Waals surface area contributed by atoms with Gasteiger partial charge in [-0.1, -0.05) is 237 Å². The molecule has 0 aliphatic carbocycles. The van der Waals surface area contributed by atoms with Gasteiger partial charge in [0.2, 0.25) is 0 Å². The zero-order valence-electron chi connectivity index (χ0n) is 73.9. The van der Waals surface area contributed by atoms with E-state index in [0.717, 1.165) is 134 Å². The molecule has 27 aromatic rings. The molecule has 0 bridgehead atoms. The van der Waals surface area contributed by atoms with Crippen LogP contribution in [0.25, 0.3) is 261 Å². The van der Waals surface area contributed by atoms with Crippen LogP contribution in [0.3, 0.4) is 0 Å². The van der Waals surface area contributed by atoms with Crippen LogP contribution in [0.1, 0.15) is 0 Å². The molecule has 648 valence electrons. The van der Waals surface area contributed by atoms with Crippen LogP contribution in [0, 0.1) is 0 Å². The topological polar surface area (TPSA) is 129 Å². The molecule has 0 aliphatic heterocycles. The Kier molecular flexibility index (Phi) is 22.1. The maximum absolute atomic E-state index is 6.70. The van der Waals surface area contributed by atoms with Crippen LogP contribution in [-0.2, 0) is 0 Å². The number of rotatable bonds is 15. The molecule has 27 rings (SSSR count). The number of benzene rings is 17. The smallest absolute Gasteiger partial charge is 0.455 e. The van der Waals surface area contributed by atoms with Crippen molar-refractivity contribution in [2.24, 2.45) is 0 Å². The molecule has 14 heteroatoms. The normalized spacial score (nSPS) is 11.5. The maximum atomic E-state index is 6.70. The third-order valence-corrected chi connectivity index (χ3v) is 33.2. The molecule has 0 atom stereocenters. The summed E-state index contributed by atoms with van der Waals surface area (Å²) in [4.78, 5) is 45.5. The van der Waals surface area contributed by atoms with Crippen LogP contribution in [0.2, 0.25) is 0 Å². The van der Waals surface area contributed by atoms with Gasteiger partial charge in [0, 0.05) is 77.2 Å². The van der Waals surface area contributed by atoms with Crippen molar-refractivity contribution < 1.29 is 8.83 Å². The van der Waals surface area contributed by atoms with Crippen LogP contribution >= 0.6 is 11.3 Å². The first-order valence-electron chi connectivity index (χ1n) is 45.7. The van der Waals surface area contributed by atoms with Crippen LogP contribution in [0.4, 0.5) is 0 Å². The number of fused-ring (bicyclic) bond motifs is 15. The molecular formula is C124H76N8O2SSe3. The van der Waals surface area contributed by atoms with Gasteiger partial charge in [-0.05, 0) is 30.3 Å². The van der Waals surface area contributed by atoms with Gasteiger partial charge in [-0.25, -0.2) is 34.9 Å². The van der Waals surface area contributed by atoms with E-state index in [4.69, 9.17) is 48.7 Å². The van der Waals surface area contributed by atoms with Gasteiger partial charge in [0.25, 0.3) is 0 Å². The van der Waals surface area contributed by atoms with E-state index in [1.54, 1.807) is 4.26 Å². The molecule has 138 heavy (non-hydrogen) atoms. The van der Waals surface area contributed by atoms with Crippen molar-refractivity contribution in [2.45, 2.75) is 0 Å². The Labute approximate surface area is 816 Å². The number of nitrogens with zero attached hydrogens (tertiary/aromatic N) is 8. The first-order chi connectivity index (χ1) is 68.3. The van der Waals surface area contributed by atoms with E-state index in [0.29, 0.717) is 64.0 Å². The van der Waals surface area contributed by atoms with Gasteiger partial charge >= 0.3 is 366 Å². The fraction of sp³-hybridized carbons (Fsp3) is 0. The minimum atomic E-state index is 0.255. The third-order valence-electron chi connectivity index (χ3n) is 25.3. The van der Waals surface area contributed by atoms with Crippen molar-refractivity contribution in [2.75, 3.05) is 0 Å². The summed E-state index contributed by atoms with van der Waals surface area (Å²) in [5.41, 5.74) is 22.4. The summed E-state index contributed by atoms with van der Waals surface area (Å²) in [6.45, 7) is 0.